The first kappa shape index (κ1) is 19.8. The molecule has 138 valence electrons. The van der Waals surface area contributed by atoms with Gasteiger partial charge in [0.25, 0.3) is 11.8 Å². The Balaban J connectivity index is 1.77. The molecule has 0 saturated carbocycles. The van der Waals surface area contributed by atoms with Gasteiger partial charge in [-0.15, -0.1) is 0 Å². The Kier molecular flexibility index (Phi) is 7.03. The van der Waals surface area contributed by atoms with Gasteiger partial charge in [0.2, 0.25) is 0 Å². The molecular formula is C19H21BrN2O4. The Bertz CT molecular complexity index is 795. The fourth-order valence-corrected chi connectivity index (χ4v) is 2.60. The highest BCUT2D eigenvalue weighted by Gasteiger charge is 2.16. The topological polar surface area (TPSA) is 76.7 Å². The molecule has 2 amide bonds. The Morgan fingerprint density at radius 3 is 2.46 bits per heavy atom. The third kappa shape index (κ3) is 5.77. The van der Waals surface area contributed by atoms with Crippen LogP contribution in [-0.4, -0.2) is 24.5 Å². The van der Waals surface area contributed by atoms with Crippen LogP contribution >= 0.6 is 15.9 Å². The Morgan fingerprint density at radius 1 is 1.04 bits per heavy atom. The van der Waals surface area contributed by atoms with Gasteiger partial charge in [-0.3, -0.25) is 20.4 Å². The predicted octanol–water partition coefficient (Wildman–Crippen LogP) is 3.06. The molecule has 0 heterocycles. The van der Waals surface area contributed by atoms with Gasteiger partial charge in [0.15, 0.2) is 12.7 Å². The minimum Gasteiger partial charge on any atom is -0.483 e. The number of carbonyl (C=O) groups is 2. The smallest absolute Gasteiger partial charge is 0.279 e. The van der Waals surface area contributed by atoms with E-state index in [0.29, 0.717) is 11.5 Å². The first-order valence-corrected chi connectivity index (χ1v) is 8.86. The Morgan fingerprint density at radius 2 is 1.77 bits per heavy atom. The van der Waals surface area contributed by atoms with Crippen LogP contribution in [0, 0.1) is 13.8 Å². The van der Waals surface area contributed by atoms with Gasteiger partial charge in [0.05, 0.1) is 0 Å². The fourth-order valence-electron chi connectivity index (χ4n) is 2.12. The second kappa shape index (κ2) is 9.24. The summed E-state index contributed by atoms with van der Waals surface area (Å²) < 4.78 is 12.0. The first-order valence-electron chi connectivity index (χ1n) is 8.06. The lowest BCUT2D eigenvalue weighted by Gasteiger charge is -2.16. The van der Waals surface area contributed by atoms with Crippen LogP contribution in [0.5, 0.6) is 11.5 Å². The molecule has 0 aliphatic carbocycles. The van der Waals surface area contributed by atoms with Crippen LogP contribution in [0.3, 0.4) is 0 Å². The zero-order chi connectivity index (χ0) is 19.1. The van der Waals surface area contributed by atoms with Crippen LogP contribution in [0.1, 0.15) is 18.1 Å². The molecule has 1 unspecified atom stereocenters. The van der Waals surface area contributed by atoms with E-state index in [2.05, 4.69) is 26.8 Å². The molecule has 2 aromatic rings. The summed E-state index contributed by atoms with van der Waals surface area (Å²) in [4.78, 5) is 23.9. The molecule has 0 saturated heterocycles. The molecule has 0 aliphatic heterocycles. The lowest BCUT2D eigenvalue weighted by atomic mass is 10.2. The summed E-state index contributed by atoms with van der Waals surface area (Å²) in [5, 5.41) is 0. The molecule has 0 fully saturated rings. The molecule has 26 heavy (non-hydrogen) atoms. The molecule has 0 aliphatic rings. The summed E-state index contributed by atoms with van der Waals surface area (Å²) in [6, 6.07) is 12.9. The molecule has 1 atom stereocenters. The predicted molar refractivity (Wildman–Crippen MR) is 102 cm³/mol. The molecular weight excluding hydrogens is 400 g/mol. The number of benzene rings is 2. The van der Waals surface area contributed by atoms with Crippen molar-refractivity contribution < 1.29 is 19.1 Å². The van der Waals surface area contributed by atoms with Crippen molar-refractivity contribution >= 4 is 27.7 Å². The standard InChI is InChI=1S/C19H21BrN2O4/c1-12-6-4-5-7-17(12)26-14(3)19(24)22-21-18(23)11-25-16-9-8-15(20)10-13(16)2/h4-10,14H,11H2,1-3H3,(H,21,23)(H,22,24). The number of para-hydroxylation sites is 1. The number of hydrogen-bond acceptors (Lipinski definition) is 4. The number of amides is 2. The summed E-state index contributed by atoms with van der Waals surface area (Å²) >= 11 is 3.36. The van der Waals surface area contributed by atoms with E-state index in [4.69, 9.17) is 9.47 Å². The minimum absolute atomic E-state index is 0.213. The highest BCUT2D eigenvalue weighted by Crippen LogP contribution is 2.22. The van der Waals surface area contributed by atoms with Gasteiger partial charge < -0.3 is 9.47 Å². The van der Waals surface area contributed by atoms with Gasteiger partial charge in [0.1, 0.15) is 11.5 Å². The SMILES string of the molecule is Cc1cc(Br)ccc1OCC(=O)NNC(=O)C(C)Oc1ccccc1C. The zero-order valence-corrected chi connectivity index (χ0v) is 16.4. The maximum Gasteiger partial charge on any atom is 0.279 e. The zero-order valence-electron chi connectivity index (χ0n) is 14.8. The van der Waals surface area contributed by atoms with Crippen molar-refractivity contribution in [3.8, 4) is 11.5 Å². The summed E-state index contributed by atoms with van der Waals surface area (Å²) in [6.07, 6.45) is -0.758. The van der Waals surface area contributed by atoms with E-state index >= 15 is 0 Å². The quantitative estimate of drug-likeness (QED) is 0.703. The van der Waals surface area contributed by atoms with Gasteiger partial charge in [-0.1, -0.05) is 34.1 Å². The molecule has 2 aromatic carbocycles. The number of halogens is 1. The number of nitrogens with one attached hydrogen (secondary N) is 2. The van der Waals surface area contributed by atoms with Gasteiger partial charge in [0, 0.05) is 4.47 Å². The van der Waals surface area contributed by atoms with E-state index in [1.54, 1.807) is 19.1 Å². The van der Waals surface area contributed by atoms with Crippen molar-refractivity contribution in [2.24, 2.45) is 0 Å². The second-order valence-corrected chi connectivity index (χ2v) is 6.68. The fraction of sp³-hybridized carbons (Fsp3) is 0.263. The number of rotatable bonds is 6. The number of carbonyl (C=O) groups excluding carboxylic acids is 2. The van der Waals surface area contributed by atoms with Crippen molar-refractivity contribution in [1.29, 1.82) is 0 Å². The third-order valence-electron chi connectivity index (χ3n) is 3.59. The van der Waals surface area contributed by atoms with Crippen molar-refractivity contribution in [2.75, 3.05) is 6.61 Å². The van der Waals surface area contributed by atoms with Crippen molar-refractivity contribution in [1.82, 2.24) is 10.9 Å². The summed E-state index contributed by atoms with van der Waals surface area (Å²) in [5.41, 5.74) is 6.47. The van der Waals surface area contributed by atoms with Gasteiger partial charge in [-0.25, -0.2) is 0 Å². The van der Waals surface area contributed by atoms with Crippen molar-refractivity contribution in [3.63, 3.8) is 0 Å². The van der Waals surface area contributed by atoms with Crippen LogP contribution in [0.4, 0.5) is 0 Å². The highest BCUT2D eigenvalue weighted by molar-refractivity contribution is 9.10. The van der Waals surface area contributed by atoms with Crippen LogP contribution in [0.15, 0.2) is 46.9 Å². The minimum atomic E-state index is -0.758. The summed E-state index contributed by atoms with van der Waals surface area (Å²) in [7, 11) is 0. The first-order chi connectivity index (χ1) is 12.4. The van der Waals surface area contributed by atoms with Crippen molar-refractivity contribution in [2.45, 2.75) is 26.9 Å². The van der Waals surface area contributed by atoms with Gasteiger partial charge in [-0.05, 0) is 56.2 Å². The highest BCUT2D eigenvalue weighted by atomic mass is 79.9. The van der Waals surface area contributed by atoms with Gasteiger partial charge in [-0.2, -0.15) is 0 Å². The van der Waals surface area contributed by atoms with Gasteiger partial charge >= 0.3 is 0 Å². The monoisotopic (exact) mass is 420 g/mol. The number of hydrogen-bond donors (Lipinski definition) is 2. The maximum atomic E-state index is 12.0. The molecule has 2 N–H and O–H groups in total. The average molecular weight is 421 g/mol. The molecule has 6 nitrogen and oxygen atoms in total. The van der Waals surface area contributed by atoms with E-state index in [1.165, 1.54) is 0 Å². The number of aryl methyl sites for hydroxylation is 2. The van der Waals surface area contributed by atoms with E-state index < -0.39 is 17.9 Å². The largest absolute Gasteiger partial charge is 0.483 e. The van der Waals surface area contributed by atoms with Crippen molar-refractivity contribution in [3.05, 3.63) is 58.1 Å². The van der Waals surface area contributed by atoms with Crippen LogP contribution in [0.2, 0.25) is 0 Å². The van der Waals surface area contributed by atoms with E-state index in [0.717, 1.165) is 15.6 Å². The summed E-state index contributed by atoms with van der Waals surface area (Å²) in [5.74, 6) is 0.298. The molecule has 2 rings (SSSR count). The second-order valence-electron chi connectivity index (χ2n) is 5.76. The average Bonchev–Trinajstić information content (AvgIpc) is 2.60. The summed E-state index contributed by atoms with van der Waals surface area (Å²) in [6.45, 7) is 5.17. The molecule has 7 heteroatoms. The van der Waals surface area contributed by atoms with E-state index in [1.807, 2.05) is 44.2 Å². The number of hydrazine groups is 1. The maximum absolute atomic E-state index is 12.0. The molecule has 0 aromatic heterocycles. The lowest BCUT2D eigenvalue weighted by Crippen LogP contribution is -2.48. The molecule has 0 radical (unpaired) electrons. The van der Waals surface area contributed by atoms with E-state index in [9.17, 15) is 9.59 Å². The van der Waals surface area contributed by atoms with Crippen LogP contribution < -0.4 is 20.3 Å². The molecule has 0 bridgehead atoms. The third-order valence-corrected chi connectivity index (χ3v) is 4.08. The normalized spacial score (nSPS) is 11.4. The Labute approximate surface area is 161 Å². The van der Waals surface area contributed by atoms with Crippen LogP contribution in [0.25, 0.3) is 0 Å². The van der Waals surface area contributed by atoms with Crippen LogP contribution in [-0.2, 0) is 9.59 Å². The number of ether oxygens (including phenoxy) is 2. The molecule has 0 spiro atoms. The Hall–Kier alpha value is -2.54. The lowest BCUT2D eigenvalue weighted by molar-refractivity contribution is -0.133. The van der Waals surface area contributed by atoms with E-state index in [-0.39, 0.29) is 6.61 Å².